The van der Waals surface area contributed by atoms with Gasteiger partial charge >= 0.3 is 6.03 Å². The Hall–Kier alpha value is -2.60. The van der Waals surface area contributed by atoms with Crippen LogP contribution in [0.3, 0.4) is 0 Å². The number of carbonyl (C=O) groups is 1. The first-order valence-corrected chi connectivity index (χ1v) is 10.1. The van der Waals surface area contributed by atoms with Crippen LogP contribution in [0.15, 0.2) is 42.6 Å². The molecule has 28 heavy (non-hydrogen) atoms. The zero-order valence-corrected chi connectivity index (χ0v) is 16.8. The van der Waals surface area contributed by atoms with E-state index in [1.54, 1.807) is 0 Å². The van der Waals surface area contributed by atoms with Gasteiger partial charge in [-0.05, 0) is 37.1 Å². The second-order valence-corrected chi connectivity index (χ2v) is 7.80. The SMILES string of the molecule is CN1CCN(c2ncccc2CNC(=O)N(C)[C@@H]2CCc3ccccc32)CC1. The van der Waals surface area contributed by atoms with Crippen LogP contribution in [0.25, 0.3) is 0 Å². The summed E-state index contributed by atoms with van der Waals surface area (Å²) in [5, 5.41) is 3.10. The van der Waals surface area contributed by atoms with Gasteiger partial charge in [-0.2, -0.15) is 0 Å². The van der Waals surface area contributed by atoms with Gasteiger partial charge < -0.3 is 20.0 Å². The number of hydrogen-bond donors (Lipinski definition) is 1. The zero-order chi connectivity index (χ0) is 19.5. The lowest BCUT2D eigenvalue weighted by Crippen LogP contribution is -2.45. The van der Waals surface area contributed by atoms with E-state index in [9.17, 15) is 4.79 Å². The molecule has 0 bridgehead atoms. The average Bonchev–Trinajstić information content (AvgIpc) is 3.16. The van der Waals surface area contributed by atoms with Gasteiger partial charge in [0.2, 0.25) is 0 Å². The fourth-order valence-electron chi connectivity index (χ4n) is 4.25. The number of hydrogen-bond acceptors (Lipinski definition) is 4. The van der Waals surface area contributed by atoms with Gasteiger partial charge in [0, 0.05) is 51.5 Å². The summed E-state index contributed by atoms with van der Waals surface area (Å²) < 4.78 is 0. The zero-order valence-electron chi connectivity index (χ0n) is 16.8. The molecule has 1 aromatic carbocycles. The van der Waals surface area contributed by atoms with E-state index in [2.05, 4.69) is 57.5 Å². The number of benzene rings is 1. The predicted molar refractivity (Wildman–Crippen MR) is 111 cm³/mol. The molecule has 2 heterocycles. The van der Waals surface area contributed by atoms with Gasteiger partial charge in [0.15, 0.2) is 0 Å². The molecule has 1 N–H and O–H groups in total. The number of aryl methyl sites for hydroxylation is 1. The first kappa shape index (κ1) is 18.7. The number of pyridine rings is 1. The van der Waals surface area contributed by atoms with Crippen LogP contribution in [-0.2, 0) is 13.0 Å². The highest BCUT2D eigenvalue weighted by atomic mass is 16.2. The summed E-state index contributed by atoms with van der Waals surface area (Å²) in [6, 6.07) is 12.6. The molecule has 0 spiro atoms. The lowest BCUT2D eigenvalue weighted by Gasteiger charge is -2.34. The fourth-order valence-corrected chi connectivity index (χ4v) is 4.25. The van der Waals surface area contributed by atoms with Gasteiger partial charge in [0.1, 0.15) is 5.82 Å². The molecular formula is C22H29N5O. The Kier molecular flexibility index (Phi) is 5.48. The van der Waals surface area contributed by atoms with Crippen LogP contribution in [0.4, 0.5) is 10.6 Å². The molecule has 1 saturated heterocycles. The molecule has 6 heteroatoms. The van der Waals surface area contributed by atoms with E-state index in [1.807, 2.05) is 24.2 Å². The van der Waals surface area contributed by atoms with Crippen molar-refractivity contribution in [2.75, 3.05) is 45.2 Å². The van der Waals surface area contributed by atoms with Crippen molar-refractivity contribution >= 4 is 11.8 Å². The Morgan fingerprint density at radius 2 is 1.96 bits per heavy atom. The van der Waals surface area contributed by atoms with Crippen molar-refractivity contribution in [3.63, 3.8) is 0 Å². The number of urea groups is 1. The van der Waals surface area contributed by atoms with Gasteiger partial charge in [-0.15, -0.1) is 0 Å². The summed E-state index contributed by atoms with van der Waals surface area (Å²) >= 11 is 0. The molecule has 1 aliphatic heterocycles. The molecule has 1 atom stereocenters. The summed E-state index contributed by atoms with van der Waals surface area (Å²) in [4.78, 5) is 23.9. The number of carbonyl (C=O) groups excluding carboxylic acids is 1. The van der Waals surface area contributed by atoms with Gasteiger partial charge in [-0.3, -0.25) is 0 Å². The largest absolute Gasteiger partial charge is 0.354 e. The monoisotopic (exact) mass is 379 g/mol. The summed E-state index contributed by atoms with van der Waals surface area (Å²) in [6.07, 6.45) is 3.86. The Labute approximate surface area is 167 Å². The van der Waals surface area contributed by atoms with E-state index in [0.717, 1.165) is 50.4 Å². The number of nitrogens with zero attached hydrogens (tertiary/aromatic N) is 4. The molecule has 2 aliphatic rings. The minimum atomic E-state index is -0.0325. The number of piperazine rings is 1. The first-order chi connectivity index (χ1) is 13.6. The van der Waals surface area contributed by atoms with E-state index in [0.29, 0.717) is 6.54 Å². The highest BCUT2D eigenvalue weighted by Crippen LogP contribution is 2.34. The molecule has 1 aliphatic carbocycles. The minimum absolute atomic E-state index is 0.0325. The molecule has 2 aromatic rings. The van der Waals surface area contributed by atoms with E-state index in [-0.39, 0.29) is 12.1 Å². The van der Waals surface area contributed by atoms with Crippen LogP contribution >= 0.6 is 0 Å². The van der Waals surface area contributed by atoms with Gasteiger partial charge in [-0.1, -0.05) is 30.3 Å². The van der Waals surface area contributed by atoms with Gasteiger partial charge in [-0.25, -0.2) is 9.78 Å². The van der Waals surface area contributed by atoms with Crippen molar-refractivity contribution < 1.29 is 4.79 Å². The van der Waals surface area contributed by atoms with Crippen LogP contribution in [0.5, 0.6) is 0 Å². The number of amides is 2. The van der Waals surface area contributed by atoms with E-state index in [1.165, 1.54) is 11.1 Å². The Balaban J connectivity index is 1.40. The van der Waals surface area contributed by atoms with Crippen LogP contribution in [-0.4, -0.2) is 61.1 Å². The lowest BCUT2D eigenvalue weighted by atomic mass is 10.1. The van der Waals surface area contributed by atoms with Crippen LogP contribution in [0.1, 0.15) is 29.2 Å². The molecular weight excluding hydrogens is 350 g/mol. The van der Waals surface area contributed by atoms with Gasteiger partial charge in [0.25, 0.3) is 0 Å². The Bertz CT molecular complexity index is 831. The molecule has 1 aromatic heterocycles. The van der Waals surface area contributed by atoms with Crippen molar-refractivity contribution in [1.82, 2.24) is 20.1 Å². The number of rotatable bonds is 4. The summed E-state index contributed by atoms with van der Waals surface area (Å²) in [5.74, 6) is 0.991. The molecule has 148 valence electrons. The third-order valence-electron chi connectivity index (χ3n) is 5.99. The molecule has 1 fully saturated rings. The van der Waals surface area contributed by atoms with Crippen molar-refractivity contribution in [2.45, 2.75) is 25.4 Å². The maximum atomic E-state index is 12.8. The fraction of sp³-hybridized carbons (Fsp3) is 0.455. The average molecular weight is 380 g/mol. The summed E-state index contributed by atoms with van der Waals surface area (Å²) in [6.45, 7) is 4.49. The second-order valence-electron chi connectivity index (χ2n) is 7.80. The standard InChI is InChI=1S/C22H29N5O/c1-25-12-14-27(15-13-25)21-18(7-5-11-23-21)16-24-22(28)26(2)20-10-9-17-6-3-4-8-19(17)20/h3-8,11,20H,9-10,12-16H2,1-2H3,(H,24,28)/t20-/m1/s1. The Morgan fingerprint density at radius 1 is 1.18 bits per heavy atom. The molecule has 4 rings (SSSR count). The number of aromatic nitrogens is 1. The Morgan fingerprint density at radius 3 is 2.79 bits per heavy atom. The van der Waals surface area contributed by atoms with Crippen molar-refractivity contribution in [2.24, 2.45) is 0 Å². The number of anilines is 1. The number of likely N-dealkylation sites (N-methyl/N-ethyl adjacent to an activating group) is 1. The quantitative estimate of drug-likeness (QED) is 0.887. The van der Waals surface area contributed by atoms with Crippen molar-refractivity contribution in [1.29, 1.82) is 0 Å². The molecule has 0 saturated carbocycles. The molecule has 0 unspecified atom stereocenters. The van der Waals surface area contributed by atoms with Crippen LogP contribution < -0.4 is 10.2 Å². The maximum absolute atomic E-state index is 12.8. The second kappa shape index (κ2) is 8.19. The van der Waals surface area contributed by atoms with E-state index in [4.69, 9.17) is 0 Å². The number of nitrogens with one attached hydrogen (secondary N) is 1. The maximum Gasteiger partial charge on any atom is 0.317 e. The van der Waals surface area contributed by atoms with Crippen LogP contribution in [0.2, 0.25) is 0 Å². The lowest BCUT2D eigenvalue weighted by molar-refractivity contribution is 0.190. The molecule has 2 amide bonds. The topological polar surface area (TPSA) is 51.7 Å². The van der Waals surface area contributed by atoms with Crippen LogP contribution in [0, 0.1) is 0 Å². The normalized spacial score (nSPS) is 19.4. The van der Waals surface area contributed by atoms with Crippen molar-refractivity contribution in [3.8, 4) is 0 Å². The third-order valence-corrected chi connectivity index (χ3v) is 5.99. The third kappa shape index (κ3) is 3.83. The van der Waals surface area contributed by atoms with E-state index < -0.39 is 0 Å². The molecule has 6 nitrogen and oxygen atoms in total. The first-order valence-electron chi connectivity index (χ1n) is 10.1. The summed E-state index contributed by atoms with van der Waals surface area (Å²) in [5.41, 5.74) is 3.71. The minimum Gasteiger partial charge on any atom is -0.354 e. The van der Waals surface area contributed by atoms with Gasteiger partial charge in [0.05, 0.1) is 6.04 Å². The highest BCUT2D eigenvalue weighted by Gasteiger charge is 2.28. The number of fused-ring (bicyclic) bond motifs is 1. The smallest absolute Gasteiger partial charge is 0.317 e. The van der Waals surface area contributed by atoms with E-state index >= 15 is 0 Å². The molecule has 0 radical (unpaired) electrons. The van der Waals surface area contributed by atoms with Crippen molar-refractivity contribution in [3.05, 3.63) is 59.3 Å². The summed E-state index contributed by atoms with van der Waals surface area (Å²) in [7, 11) is 4.04. The predicted octanol–water partition coefficient (Wildman–Crippen LogP) is 2.66. The highest BCUT2D eigenvalue weighted by molar-refractivity contribution is 5.75.